The molecule has 2 N–H and O–H groups in total. The van der Waals surface area contributed by atoms with Crippen molar-refractivity contribution in [3.05, 3.63) is 22.2 Å². The molecule has 0 aliphatic rings. The van der Waals surface area contributed by atoms with E-state index in [1.165, 1.54) is 20.3 Å². The van der Waals surface area contributed by atoms with E-state index >= 15 is 0 Å². The molecule has 8 heteroatoms. The minimum absolute atomic E-state index is 0.221. The molecule has 128 valence electrons. The lowest BCUT2D eigenvalue weighted by molar-refractivity contribution is -0.139. The first-order valence-electron chi connectivity index (χ1n) is 6.72. The maximum Gasteiger partial charge on any atom is 0.408 e. The molecule has 1 atom stereocenters. The topological polar surface area (TPSA) is 94.1 Å². The maximum absolute atomic E-state index is 11.9. The zero-order valence-corrected chi connectivity index (χ0v) is 15.2. The third-order valence-corrected chi connectivity index (χ3v) is 3.15. The molecule has 23 heavy (non-hydrogen) atoms. The maximum atomic E-state index is 11.9. The van der Waals surface area contributed by atoms with Crippen molar-refractivity contribution >= 4 is 28.0 Å². The third kappa shape index (κ3) is 5.31. The van der Waals surface area contributed by atoms with Gasteiger partial charge in [0, 0.05) is 10.0 Å². The summed E-state index contributed by atoms with van der Waals surface area (Å²) in [5.74, 6) is -0.692. The Bertz CT molecular complexity index is 596. The van der Waals surface area contributed by atoms with Gasteiger partial charge in [-0.15, -0.1) is 0 Å². The second-order valence-corrected chi connectivity index (χ2v) is 6.56. The lowest BCUT2D eigenvalue weighted by atomic mass is 10.1. The second-order valence-electron chi connectivity index (χ2n) is 5.65. The number of methoxy groups -OCH3 is 2. The highest BCUT2D eigenvalue weighted by Crippen LogP contribution is 2.38. The van der Waals surface area contributed by atoms with Gasteiger partial charge in [-0.05, 0) is 32.9 Å². The van der Waals surface area contributed by atoms with Crippen LogP contribution in [0.15, 0.2) is 16.6 Å². The Morgan fingerprint density at radius 1 is 1.22 bits per heavy atom. The Kier molecular flexibility index (Phi) is 6.26. The number of carbonyl (C=O) groups excluding carboxylic acids is 1. The monoisotopic (exact) mass is 389 g/mol. The van der Waals surface area contributed by atoms with E-state index < -0.39 is 23.7 Å². The molecule has 0 heterocycles. The van der Waals surface area contributed by atoms with Gasteiger partial charge in [0.15, 0.2) is 17.5 Å². The Labute approximate surface area is 143 Å². The first-order valence-corrected chi connectivity index (χ1v) is 7.52. The lowest BCUT2D eigenvalue weighted by Crippen LogP contribution is -2.38. The van der Waals surface area contributed by atoms with Gasteiger partial charge in [-0.2, -0.15) is 0 Å². The van der Waals surface area contributed by atoms with Crippen LogP contribution in [0.2, 0.25) is 0 Å². The highest BCUT2D eigenvalue weighted by molar-refractivity contribution is 9.10. The number of rotatable bonds is 5. The molecule has 1 aromatic rings. The molecule has 0 aliphatic carbocycles. The number of halogens is 1. The summed E-state index contributed by atoms with van der Waals surface area (Å²) in [5, 5.41) is 11.8. The molecule has 0 bridgehead atoms. The van der Waals surface area contributed by atoms with Crippen LogP contribution < -0.4 is 14.8 Å². The number of carbonyl (C=O) groups is 2. The summed E-state index contributed by atoms with van der Waals surface area (Å²) in [5.41, 5.74) is -0.510. The number of amides is 1. The summed E-state index contributed by atoms with van der Waals surface area (Å²) in [7, 11) is 2.83. The fraction of sp³-hybridized carbons (Fsp3) is 0.467. The SMILES string of the molecule is COc1cc(Br)cc(C(NC(=O)OC(C)(C)C)C(=O)O)c1OC. The van der Waals surface area contributed by atoms with Crippen LogP contribution in [0.5, 0.6) is 11.5 Å². The van der Waals surface area contributed by atoms with Crippen molar-refractivity contribution in [2.45, 2.75) is 32.4 Å². The number of nitrogens with one attached hydrogen (secondary N) is 1. The van der Waals surface area contributed by atoms with Crippen LogP contribution in [0, 0.1) is 0 Å². The van der Waals surface area contributed by atoms with Crippen LogP contribution in [-0.2, 0) is 9.53 Å². The number of ether oxygens (including phenoxy) is 3. The third-order valence-electron chi connectivity index (χ3n) is 2.69. The Hall–Kier alpha value is -1.96. The van der Waals surface area contributed by atoms with Crippen LogP contribution >= 0.6 is 15.9 Å². The summed E-state index contributed by atoms with van der Waals surface area (Å²) in [6.07, 6.45) is -0.842. The van der Waals surface area contributed by atoms with Gasteiger partial charge in [0.05, 0.1) is 14.2 Å². The normalized spacial score (nSPS) is 12.3. The van der Waals surface area contributed by atoms with Crippen molar-refractivity contribution in [1.29, 1.82) is 0 Å². The van der Waals surface area contributed by atoms with E-state index in [0.29, 0.717) is 10.2 Å². The smallest absolute Gasteiger partial charge is 0.408 e. The Balaban J connectivity index is 3.23. The summed E-state index contributed by atoms with van der Waals surface area (Å²) < 4.78 is 16.1. The first kappa shape index (κ1) is 19.1. The number of aliphatic carboxylic acids is 1. The van der Waals surface area contributed by atoms with Gasteiger partial charge in [0.2, 0.25) is 0 Å². The fourth-order valence-corrected chi connectivity index (χ4v) is 2.33. The molecular weight excluding hydrogens is 370 g/mol. The van der Waals surface area contributed by atoms with Crippen molar-refractivity contribution in [2.75, 3.05) is 14.2 Å². The average molecular weight is 390 g/mol. The number of alkyl carbamates (subject to hydrolysis) is 1. The quantitative estimate of drug-likeness (QED) is 0.803. The van der Waals surface area contributed by atoms with E-state index in [0.717, 1.165) is 0 Å². The van der Waals surface area contributed by atoms with Gasteiger partial charge in [-0.25, -0.2) is 9.59 Å². The predicted molar refractivity (Wildman–Crippen MR) is 87.0 cm³/mol. The molecule has 1 rings (SSSR count). The summed E-state index contributed by atoms with van der Waals surface area (Å²) in [6, 6.07) is 1.82. The largest absolute Gasteiger partial charge is 0.493 e. The highest BCUT2D eigenvalue weighted by atomic mass is 79.9. The summed E-state index contributed by atoms with van der Waals surface area (Å²) in [6.45, 7) is 5.06. The van der Waals surface area contributed by atoms with Crippen LogP contribution in [0.25, 0.3) is 0 Å². The molecule has 1 unspecified atom stereocenters. The molecule has 0 aromatic heterocycles. The number of carboxylic acid groups (broad SMARTS) is 1. The Morgan fingerprint density at radius 3 is 2.26 bits per heavy atom. The molecule has 0 spiro atoms. The minimum Gasteiger partial charge on any atom is -0.493 e. The van der Waals surface area contributed by atoms with Gasteiger partial charge in [-0.1, -0.05) is 15.9 Å². The van der Waals surface area contributed by atoms with Gasteiger partial charge in [0.25, 0.3) is 0 Å². The molecule has 0 fully saturated rings. The standard InChI is InChI=1S/C15H20BrNO6/c1-15(2,3)23-14(20)17-11(13(18)19)9-6-8(16)7-10(21-4)12(9)22-5/h6-7,11H,1-5H3,(H,17,20)(H,18,19). The van der Waals surface area contributed by atoms with Crippen molar-refractivity contribution in [2.24, 2.45) is 0 Å². The number of hydrogen-bond acceptors (Lipinski definition) is 5. The van der Waals surface area contributed by atoms with E-state index in [1.807, 2.05) is 0 Å². The van der Waals surface area contributed by atoms with Gasteiger partial charge < -0.3 is 24.6 Å². The fourth-order valence-electron chi connectivity index (χ4n) is 1.87. The van der Waals surface area contributed by atoms with Crippen LogP contribution in [0.1, 0.15) is 32.4 Å². The van der Waals surface area contributed by atoms with Crippen molar-refractivity contribution < 1.29 is 28.9 Å². The molecular formula is C15H20BrNO6. The number of hydrogen-bond donors (Lipinski definition) is 2. The molecule has 1 aromatic carbocycles. The molecule has 0 radical (unpaired) electrons. The van der Waals surface area contributed by atoms with Crippen molar-refractivity contribution in [1.82, 2.24) is 5.32 Å². The molecule has 0 aliphatic heterocycles. The van der Waals surface area contributed by atoms with E-state index in [4.69, 9.17) is 14.2 Å². The lowest BCUT2D eigenvalue weighted by Gasteiger charge is -2.23. The van der Waals surface area contributed by atoms with Crippen molar-refractivity contribution in [3.8, 4) is 11.5 Å². The van der Waals surface area contributed by atoms with Crippen LogP contribution in [0.4, 0.5) is 4.79 Å². The zero-order chi connectivity index (χ0) is 17.8. The molecule has 7 nitrogen and oxygen atoms in total. The average Bonchev–Trinajstić information content (AvgIpc) is 2.41. The Morgan fingerprint density at radius 2 is 1.83 bits per heavy atom. The minimum atomic E-state index is -1.36. The second kappa shape index (κ2) is 7.54. The van der Waals surface area contributed by atoms with Gasteiger partial charge in [-0.3, -0.25) is 0 Å². The zero-order valence-electron chi connectivity index (χ0n) is 13.6. The molecule has 1 amide bonds. The summed E-state index contributed by atoms with van der Waals surface area (Å²) in [4.78, 5) is 23.5. The van der Waals surface area contributed by atoms with E-state index in [1.54, 1.807) is 26.8 Å². The van der Waals surface area contributed by atoms with Crippen LogP contribution in [-0.4, -0.2) is 37.0 Å². The highest BCUT2D eigenvalue weighted by Gasteiger charge is 2.29. The van der Waals surface area contributed by atoms with Crippen molar-refractivity contribution in [3.63, 3.8) is 0 Å². The van der Waals surface area contributed by atoms with E-state index in [9.17, 15) is 14.7 Å². The van der Waals surface area contributed by atoms with Gasteiger partial charge >= 0.3 is 12.1 Å². The summed E-state index contributed by atoms with van der Waals surface area (Å²) >= 11 is 3.28. The molecule has 0 saturated heterocycles. The van der Waals surface area contributed by atoms with E-state index in [-0.39, 0.29) is 11.3 Å². The van der Waals surface area contributed by atoms with Crippen LogP contribution in [0.3, 0.4) is 0 Å². The number of carboxylic acids is 1. The molecule has 0 saturated carbocycles. The number of benzene rings is 1. The predicted octanol–water partition coefficient (Wildman–Crippen LogP) is 3.12. The van der Waals surface area contributed by atoms with Gasteiger partial charge in [0.1, 0.15) is 5.60 Å². The first-order chi connectivity index (χ1) is 10.6. The van der Waals surface area contributed by atoms with E-state index in [2.05, 4.69) is 21.2 Å².